The van der Waals surface area contributed by atoms with E-state index >= 15 is 0 Å². The molecule has 2 rings (SSSR count). The number of nitro benzene ring substituents is 1. The number of nitro groups is 1. The van der Waals surface area contributed by atoms with Gasteiger partial charge in [-0.25, -0.2) is 0 Å². The van der Waals surface area contributed by atoms with E-state index in [4.69, 9.17) is 0 Å². The van der Waals surface area contributed by atoms with Crippen LogP contribution in [0.3, 0.4) is 0 Å². The first-order valence-electron chi connectivity index (χ1n) is 6.25. The highest BCUT2D eigenvalue weighted by Crippen LogP contribution is 2.25. The summed E-state index contributed by atoms with van der Waals surface area (Å²) in [5, 5.41) is 13.9. The zero-order chi connectivity index (χ0) is 14.7. The number of hydrogen-bond donors (Lipinski definition) is 1. The molecule has 0 saturated carbocycles. The lowest BCUT2D eigenvalue weighted by Crippen LogP contribution is -2.25. The molecule has 0 unspecified atom stereocenters. The molecule has 0 fully saturated rings. The van der Waals surface area contributed by atoms with Gasteiger partial charge in [0.1, 0.15) is 11.4 Å². The first-order chi connectivity index (χ1) is 9.54. The molecule has 0 aliphatic rings. The fourth-order valence-corrected chi connectivity index (χ4v) is 2.01. The first-order valence-corrected chi connectivity index (χ1v) is 6.25. The fourth-order valence-electron chi connectivity index (χ4n) is 2.01. The van der Waals surface area contributed by atoms with Crippen molar-refractivity contribution < 1.29 is 9.72 Å². The number of benzene rings is 1. The summed E-state index contributed by atoms with van der Waals surface area (Å²) < 4.78 is 1.53. The molecular weight excluding hydrogens is 258 g/mol. The number of nitrogens with one attached hydrogen (secondary N) is 1. The van der Waals surface area contributed by atoms with Gasteiger partial charge in [0.05, 0.1) is 4.92 Å². The lowest BCUT2D eigenvalue weighted by molar-refractivity contribution is -0.384. The predicted molar refractivity (Wildman–Crippen MR) is 75.2 cm³/mol. The highest BCUT2D eigenvalue weighted by Gasteiger charge is 2.19. The van der Waals surface area contributed by atoms with E-state index in [0.29, 0.717) is 17.9 Å². The van der Waals surface area contributed by atoms with Gasteiger partial charge >= 0.3 is 0 Å². The average Bonchev–Trinajstić information content (AvgIpc) is 2.88. The molecule has 0 radical (unpaired) electrons. The van der Waals surface area contributed by atoms with E-state index in [9.17, 15) is 14.9 Å². The maximum atomic E-state index is 11.9. The molecule has 0 atom stereocenters. The Kier molecular flexibility index (Phi) is 3.84. The van der Waals surface area contributed by atoms with Crippen LogP contribution in [0.4, 0.5) is 5.69 Å². The Hall–Kier alpha value is -2.63. The van der Waals surface area contributed by atoms with E-state index in [1.165, 1.54) is 10.6 Å². The number of aromatic nitrogens is 1. The van der Waals surface area contributed by atoms with Crippen molar-refractivity contribution in [2.24, 2.45) is 0 Å². The van der Waals surface area contributed by atoms with Gasteiger partial charge in [0.2, 0.25) is 0 Å². The topological polar surface area (TPSA) is 77.2 Å². The van der Waals surface area contributed by atoms with Gasteiger partial charge in [0.15, 0.2) is 0 Å². The van der Waals surface area contributed by atoms with Crippen molar-refractivity contribution in [3.8, 4) is 5.69 Å². The number of carbonyl (C=O) groups is 1. The van der Waals surface area contributed by atoms with Crippen molar-refractivity contribution in [2.45, 2.75) is 13.8 Å². The van der Waals surface area contributed by atoms with E-state index in [1.54, 1.807) is 37.4 Å². The predicted octanol–water partition coefficient (Wildman–Crippen LogP) is 2.44. The van der Waals surface area contributed by atoms with Crippen LogP contribution in [0.2, 0.25) is 0 Å². The number of nitrogens with zero attached hydrogens (tertiary/aromatic N) is 2. The second-order valence-electron chi connectivity index (χ2n) is 4.37. The highest BCUT2D eigenvalue weighted by atomic mass is 16.6. The van der Waals surface area contributed by atoms with Crippen LogP contribution in [0, 0.1) is 17.0 Å². The summed E-state index contributed by atoms with van der Waals surface area (Å²) in [4.78, 5) is 22.7. The van der Waals surface area contributed by atoms with Crippen LogP contribution >= 0.6 is 0 Å². The van der Waals surface area contributed by atoms with Gasteiger partial charge in [0.25, 0.3) is 11.6 Å². The summed E-state index contributed by atoms with van der Waals surface area (Å²) in [5.74, 6) is -0.257. The quantitative estimate of drug-likeness (QED) is 0.686. The molecule has 0 aliphatic heterocycles. The third-order valence-electron chi connectivity index (χ3n) is 2.91. The minimum atomic E-state index is -0.441. The van der Waals surface area contributed by atoms with Gasteiger partial charge in [0, 0.05) is 18.8 Å². The standard InChI is InChI=1S/C14H15N3O3/c1-3-15-14(18)12-5-4-8-16(12)11-7-6-10(2)9-13(11)17(19)20/h4-9H,3H2,1-2H3,(H,15,18). The molecule has 1 N–H and O–H groups in total. The van der Waals surface area contributed by atoms with Gasteiger partial charge in [-0.2, -0.15) is 0 Å². The summed E-state index contributed by atoms with van der Waals surface area (Å²) in [6.45, 7) is 4.11. The molecule has 2 aromatic rings. The molecule has 1 heterocycles. The Bertz CT molecular complexity index is 661. The monoisotopic (exact) mass is 273 g/mol. The van der Waals surface area contributed by atoms with Gasteiger partial charge in [-0.15, -0.1) is 0 Å². The zero-order valence-corrected chi connectivity index (χ0v) is 11.3. The molecule has 104 valence electrons. The highest BCUT2D eigenvalue weighted by molar-refractivity contribution is 5.93. The summed E-state index contributed by atoms with van der Waals surface area (Å²) in [6.07, 6.45) is 1.64. The van der Waals surface area contributed by atoms with Gasteiger partial charge in [-0.3, -0.25) is 14.9 Å². The molecule has 0 bridgehead atoms. The summed E-state index contributed by atoms with van der Waals surface area (Å²) in [5.41, 5.74) is 1.53. The fraction of sp³-hybridized carbons (Fsp3) is 0.214. The van der Waals surface area contributed by atoms with E-state index in [1.807, 2.05) is 6.92 Å². The number of aryl methyl sites for hydroxylation is 1. The Morgan fingerprint density at radius 3 is 2.80 bits per heavy atom. The lowest BCUT2D eigenvalue weighted by Gasteiger charge is -2.10. The minimum absolute atomic E-state index is 0.0215. The molecular formula is C14H15N3O3. The second-order valence-corrected chi connectivity index (χ2v) is 4.37. The SMILES string of the molecule is CCNC(=O)c1cccn1-c1ccc(C)cc1[N+](=O)[O-]. The van der Waals surface area contributed by atoms with Crippen molar-refractivity contribution in [2.75, 3.05) is 6.54 Å². The summed E-state index contributed by atoms with van der Waals surface area (Å²) in [6, 6.07) is 8.25. The van der Waals surface area contributed by atoms with E-state index < -0.39 is 4.92 Å². The smallest absolute Gasteiger partial charge is 0.293 e. The summed E-state index contributed by atoms with van der Waals surface area (Å²) >= 11 is 0. The van der Waals surface area contributed by atoms with Crippen LogP contribution in [0.1, 0.15) is 23.0 Å². The van der Waals surface area contributed by atoms with Gasteiger partial charge in [-0.1, -0.05) is 6.07 Å². The van der Waals surface area contributed by atoms with E-state index in [2.05, 4.69) is 5.32 Å². The van der Waals surface area contributed by atoms with Crippen molar-refractivity contribution in [1.82, 2.24) is 9.88 Å². The Labute approximate surface area is 116 Å². The normalized spacial score (nSPS) is 10.3. The van der Waals surface area contributed by atoms with Crippen LogP contribution in [-0.4, -0.2) is 21.9 Å². The van der Waals surface area contributed by atoms with Crippen LogP contribution in [0.5, 0.6) is 0 Å². The molecule has 0 saturated heterocycles. The van der Waals surface area contributed by atoms with Gasteiger partial charge in [-0.05, 0) is 37.6 Å². The number of rotatable bonds is 4. The molecule has 1 aromatic carbocycles. The molecule has 6 nitrogen and oxygen atoms in total. The Morgan fingerprint density at radius 2 is 2.15 bits per heavy atom. The van der Waals surface area contributed by atoms with E-state index in [0.717, 1.165) is 5.56 Å². The van der Waals surface area contributed by atoms with Crippen molar-refractivity contribution in [3.63, 3.8) is 0 Å². The Morgan fingerprint density at radius 1 is 1.40 bits per heavy atom. The van der Waals surface area contributed by atoms with Gasteiger partial charge < -0.3 is 9.88 Å². The number of hydrogen-bond acceptors (Lipinski definition) is 3. The lowest BCUT2D eigenvalue weighted by atomic mass is 10.2. The zero-order valence-electron chi connectivity index (χ0n) is 11.3. The average molecular weight is 273 g/mol. The second kappa shape index (κ2) is 5.56. The van der Waals surface area contributed by atoms with Crippen LogP contribution < -0.4 is 5.32 Å². The maximum Gasteiger partial charge on any atom is 0.293 e. The molecule has 6 heteroatoms. The maximum absolute atomic E-state index is 11.9. The molecule has 1 aromatic heterocycles. The largest absolute Gasteiger partial charge is 0.351 e. The molecule has 1 amide bonds. The van der Waals surface area contributed by atoms with Crippen molar-refractivity contribution in [3.05, 3.63) is 57.9 Å². The number of carbonyl (C=O) groups excluding carboxylic acids is 1. The van der Waals surface area contributed by atoms with Crippen LogP contribution in [-0.2, 0) is 0 Å². The molecule has 0 spiro atoms. The van der Waals surface area contributed by atoms with Crippen LogP contribution in [0.25, 0.3) is 5.69 Å². The molecule has 20 heavy (non-hydrogen) atoms. The first kappa shape index (κ1) is 13.8. The number of amides is 1. The minimum Gasteiger partial charge on any atom is -0.351 e. The van der Waals surface area contributed by atoms with E-state index in [-0.39, 0.29) is 11.6 Å². The van der Waals surface area contributed by atoms with Crippen molar-refractivity contribution >= 4 is 11.6 Å². The third-order valence-corrected chi connectivity index (χ3v) is 2.91. The summed E-state index contributed by atoms with van der Waals surface area (Å²) in [7, 11) is 0. The van der Waals surface area contributed by atoms with Crippen LogP contribution in [0.15, 0.2) is 36.5 Å². The van der Waals surface area contributed by atoms with Crippen molar-refractivity contribution in [1.29, 1.82) is 0 Å². The third kappa shape index (κ3) is 2.54. The Balaban J connectivity index is 2.55. The molecule has 0 aliphatic carbocycles.